The molecule has 0 amide bonds. The number of hydrogen-bond donors (Lipinski definition) is 2. The Labute approximate surface area is 80.4 Å². The molecule has 2 N–H and O–H groups in total. The lowest BCUT2D eigenvalue weighted by Gasteiger charge is -2.33. The average molecular weight is 187 g/mol. The third-order valence-electron chi connectivity index (χ3n) is 2.66. The highest BCUT2D eigenvalue weighted by molar-refractivity contribution is 4.73. The van der Waals surface area contributed by atoms with E-state index in [1.807, 2.05) is 6.92 Å². The molecule has 1 aliphatic heterocycles. The maximum absolute atomic E-state index is 9.23. The number of aliphatic hydroxyl groups is 2. The van der Waals surface area contributed by atoms with Gasteiger partial charge in [-0.15, -0.1) is 0 Å². The van der Waals surface area contributed by atoms with Gasteiger partial charge in [0.1, 0.15) is 0 Å². The molecule has 1 heterocycles. The van der Waals surface area contributed by atoms with Gasteiger partial charge in [-0.1, -0.05) is 0 Å². The van der Waals surface area contributed by atoms with Crippen LogP contribution < -0.4 is 0 Å². The number of nitrogens with zero attached hydrogens (tertiary/aromatic N) is 1. The highest BCUT2D eigenvalue weighted by atomic mass is 16.3. The van der Waals surface area contributed by atoms with Crippen LogP contribution in [0.3, 0.4) is 0 Å². The minimum atomic E-state index is -0.229. The summed E-state index contributed by atoms with van der Waals surface area (Å²) < 4.78 is 0. The van der Waals surface area contributed by atoms with E-state index in [1.54, 1.807) is 0 Å². The van der Waals surface area contributed by atoms with Crippen LogP contribution in [0.5, 0.6) is 0 Å². The van der Waals surface area contributed by atoms with Crippen LogP contribution in [0, 0.1) is 5.92 Å². The number of hydrogen-bond acceptors (Lipinski definition) is 3. The average Bonchev–Trinajstić information content (AvgIpc) is 2.04. The Bertz CT molecular complexity index is 137. The lowest BCUT2D eigenvalue weighted by Crippen LogP contribution is -2.39. The van der Waals surface area contributed by atoms with E-state index in [9.17, 15) is 5.11 Å². The second-order valence-electron chi connectivity index (χ2n) is 4.13. The van der Waals surface area contributed by atoms with Gasteiger partial charge < -0.3 is 15.1 Å². The van der Waals surface area contributed by atoms with Gasteiger partial charge in [-0.05, 0) is 38.6 Å². The van der Waals surface area contributed by atoms with E-state index in [4.69, 9.17) is 5.11 Å². The van der Waals surface area contributed by atoms with Crippen molar-refractivity contribution in [3.8, 4) is 0 Å². The van der Waals surface area contributed by atoms with E-state index >= 15 is 0 Å². The SMILES string of the molecule is C[C@H](O)CN1CCCC(CCO)C1. The second-order valence-corrected chi connectivity index (χ2v) is 4.13. The summed E-state index contributed by atoms with van der Waals surface area (Å²) in [5.41, 5.74) is 0. The molecule has 0 aromatic heterocycles. The smallest absolute Gasteiger partial charge is 0.0639 e. The van der Waals surface area contributed by atoms with Crippen molar-refractivity contribution in [3.05, 3.63) is 0 Å². The maximum Gasteiger partial charge on any atom is 0.0639 e. The first-order chi connectivity index (χ1) is 6.22. The van der Waals surface area contributed by atoms with E-state index in [0.717, 1.165) is 26.1 Å². The van der Waals surface area contributed by atoms with Crippen LogP contribution in [0.15, 0.2) is 0 Å². The molecular weight excluding hydrogens is 166 g/mol. The molecule has 0 aromatic carbocycles. The van der Waals surface area contributed by atoms with E-state index in [1.165, 1.54) is 12.8 Å². The van der Waals surface area contributed by atoms with Crippen molar-refractivity contribution in [2.24, 2.45) is 5.92 Å². The van der Waals surface area contributed by atoms with Gasteiger partial charge in [-0.25, -0.2) is 0 Å². The van der Waals surface area contributed by atoms with Gasteiger partial charge in [0.15, 0.2) is 0 Å². The lowest BCUT2D eigenvalue weighted by atomic mass is 9.95. The third kappa shape index (κ3) is 4.07. The van der Waals surface area contributed by atoms with Gasteiger partial charge in [0.2, 0.25) is 0 Å². The first kappa shape index (κ1) is 11.0. The molecule has 0 spiro atoms. The van der Waals surface area contributed by atoms with Crippen molar-refractivity contribution < 1.29 is 10.2 Å². The van der Waals surface area contributed by atoms with Gasteiger partial charge in [-0.2, -0.15) is 0 Å². The van der Waals surface area contributed by atoms with Gasteiger partial charge in [-0.3, -0.25) is 0 Å². The Morgan fingerprint density at radius 1 is 1.54 bits per heavy atom. The molecule has 1 fully saturated rings. The summed E-state index contributed by atoms with van der Waals surface area (Å²) in [5, 5.41) is 18.0. The summed E-state index contributed by atoms with van der Waals surface area (Å²) in [4.78, 5) is 2.30. The molecule has 1 rings (SSSR count). The molecule has 3 heteroatoms. The molecule has 1 saturated heterocycles. The zero-order chi connectivity index (χ0) is 9.68. The quantitative estimate of drug-likeness (QED) is 0.672. The second kappa shape index (κ2) is 5.58. The van der Waals surface area contributed by atoms with Crippen molar-refractivity contribution in [1.82, 2.24) is 4.90 Å². The topological polar surface area (TPSA) is 43.7 Å². The van der Waals surface area contributed by atoms with Crippen LogP contribution in [0.4, 0.5) is 0 Å². The Morgan fingerprint density at radius 3 is 2.92 bits per heavy atom. The zero-order valence-electron chi connectivity index (χ0n) is 8.45. The van der Waals surface area contributed by atoms with E-state index in [0.29, 0.717) is 12.5 Å². The Morgan fingerprint density at radius 2 is 2.31 bits per heavy atom. The molecular formula is C10H21NO2. The van der Waals surface area contributed by atoms with Crippen LogP contribution >= 0.6 is 0 Å². The van der Waals surface area contributed by atoms with Gasteiger partial charge in [0.25, 0.3) is 0 Å². The van der Waals surface area contributed by atoms with E-state index < -0.39 is 0 Å². The summed E-state index contributed by atoms with van der Waals surface area (Å²) in [6.45, 7) is 5.06. The molecule has 2 atom stereocenters. The molecule has 0 saturated carbocycles. The Hall–Kier alpha value is -0.120. The van der Waals surface area contributed by atoms with Crippen LogP contribution in [0.1, 0.15) is 26.2 Å². The summed E-state index contributed by atoms with van der Waals surface area (Å²) in [6.07, 6.45) is 3.12. The lowest BCUT2D eigenvalue weighted by molar-refractivity contribution is 0.0874. The summed E-state index contributed by atoms with van der Waals surface area (Å²) in [6, 6.07) is 0. The van der Waals surface area contributed by atoms with Gasteiger partial charge in [0.05, 0.1) is 6.10 Å². The number of likely N-dealkylation sites (tertiary alicyclic amines) is 1. The Kier molecular flexibility index (Phi) is 4.70. The van der Waals surface area contributed by atoms with Crippen molar-refractivity contribution in [1.29, 1.82) is 0 Å². The Balaban J connectivity index is 2.24. The fourth-order valence-electron chi connectivity index (χ4n) is 2.11. The molecule has 0 radical (unpaired) electrons. The number of piperidine rings is 1. The molecule has 13 heavy (non-hydrogen) atoms. The highest BCUT2D eigenvalue weighted by Gasteiger charge is 2.19. The summed E-state index contributed by atoms with van der Waals surface area (Å²) in [5.74, 6) is 0.637. The summed E-state index contributed by atoms with van der Waals surface area (Å²) in [7, 11) is 0. The van der Waals surface area contributed by atoms with Crippen molar-refractivity contribution in [2.45, 2.75) is 32.3 Å². The molecule has 1 unspecified atom stereocenters. The van der Waals surface area contributed by atoms with Gasteiger partial charge >= 0.3 is 0 Å². The molecule has 0 aliphatic carbocycles. The van der Waals surface area contributed by atoms with Crippen LogP contribution in [-0.4, -0.2) is 47.5 Å². The fourth-order valence-corrected chi connectivity index (χ4v) is 2.11. The minimum Gasteiger partial charge on any atom is -0.396 e. The zero-order valence-corrected chi connectivity index (χ0v) is 8.45. The summed E-state index contributed by atoms with van der Waals surface area (Å²) >= 11 is 0. The predicted octanol–water partition coefficient (Wildman–Crippen LogP) is 0.462. The molecule has 3 nitrogen and oxygen atoms in total. The highest BCUT2D eigenvalue weighted by Crippen LogP contribution is 2.19. The normalized spacial score (nSPS) is 27.5. The van der Waals surface area contributed by atoms with Crippen molar-refractivity contribution >= 4 is 0 Å². The van der Waals surface area contributed by atoms with Crippen LogP contribution in [0.25, 0.3) is 0 Å². The third-order valence-corrected chi connectivity index (χ3v) is 2.66. The fraction of sp³-hybridized carbons (Fsp3) is 1.00. The van der Waals surface area contributed by atoms with Crippen molar-refractivity contribution in [3.63, 3.8) is 0 Å². The predicted molar refractivity (Wildman–Crippen MR) is 52.5 cm³/mol. The van der Waals surface area contributed by atoms with Crippen LogP contribution in [-0.2, 0) is 0 Å². The number of aliphatic hydroxyl groups excluding tert-OH is 2. The standard InChI is InChI=1S/C10H21NO2/c1-9(13)7-11-5-2-3-10(8-11)4-6-12/h9-10,12-13H,2-8H2,1H3/t9-,10?/m0/s1. The van der Waals surface area contributed by atoms with Crippen LogP contribution in [0.2, 0.25) is 0 Å². The first-order valence-corrected chi connectivity index (χ1v) is 5.23. The molecule has 78 valence electrons. The minimum absolute atomic E-state index is 0.229. The van der Waals surface area contributed by atoms with Crippen molar-refractivity contribution in [2.75, 3.05) is 26.2 Å². The largest absolute Gasteiger partial charge is 0.396 e. The van der Waals surface area contributed by atoms with Gasteiger partial charge in [0, 0.05) is 19.7 Å². The maximum atomic E-state index is 9.23. The van der Waals surface area contributed by atoms with E-state index in [2.05, 4.69) is 4.90 Å². The molecule has 0 bridgehead atoms. The molecule has 0 aromatic rings. The monoisotopic (exact) mass is 187 g/mol. The van der Waals surface area contributed by atoms with E-state index in [-0.39, 0.29) is 6.10 Å². The number of β-amino-alcohol motifs (C(OH)–C–C–N with tert-alkyl or cyclic N) is 1. The number of rotatable bonds is 4. The molecule has 1 aliphatic rings. The first-order valence-electron chi connectivity index (χ1n) is 5.23.